The van der Waals surface area contributed by atoms with Crippen molar-refractivity contribution < 1.29 is 4.79 Å². The number of carbonyl (C=O) groups excluding carboxylic acids is 1. The highest BCUT2D eigenvalue weighted by Gasteiger charge is 1.97. The van der Waals surface area contributed by atoms with Gasteiger partial charge in [-0.05, 0) is 24.5 Å². The number of aliphatic imine (C=N–C) groups is 1. The van der Waals surface area contributed by atoms with Crippen molar-refractivity contribution in [2.24, 2.45) is 4.99 Å². The molecule has 0 atom stereocenters. The summed E-state index contributed by atoms with van der Waals surface area (Å²) >= 11 is 3.41. The Balaban J connectivity index is 2.45. The van der Waals surface area contributed by atoms with Crippen LogP contribution < -0.4 is 0 Å². The Morgan fingerprint density at radius 3 is 2.92 bits per heavy atom. The zero-order chi connectivity index (χ0) is 9.52. The molecule has 2 radical (unpaired) electrons. The maximum atomic E-state index is 9.74. The Hall–Kier alpha value is -0.920. The third-order valence-electron chi connectivity index (χ3n) is 1.49. The van der Waals surface area contributed by atoms with Crippen LogP contribution in [0.4, 0.5) is 0 Å². The molecule has 0 aliphatic rings. The highest BCUT2D eigenvalue weighted by Crippen LogP contribution is 2.18. The van der Waals surface area contributed by atoms with Gasteiger partial charge in [0.2, 0.25) is 6.08 Å². The molecule has 1 aromatic rings. The van der Waals surface area contributed by atoms with Crippen LogP contribution in [-0.2, 0) is 4.79 Å². The van der Waals surface area contributed by atoms with E-state index in [9.17, 15) is 4.79 Å². The molecule has 0 aromatic heterocycles. The van der Waals surface area contributed by atoms with E-state index in [1.54, 1.807) is 0 Å². The van der Waals surface area contributed by atoms with E-state index >= 15 is 0 Å². The van der Waals surface area contributed by atoms with Crippen molar-refractivity contribution in [3.05, 3.63) is 47.3 Å². The van der Waals surface area contributed by atoms with Crippen molar-refractivity contribution in [1.82, 2.24) is 0 Å². The first kappa shape index (κ1) is 10.2. The van der Waals surface area contributed by atoms with Crippen LogP contribution in [0.15, 0.2) is 33.7 Å². The number of isocyanates is 1. The fraction of sp³-hybridized carbons (Fsp3) is 0.100. The topological polar surface area (TPSA) is 29.4 Å². The van der Waals surface area contributed by atoms with E-state index in [4.69, 9.17) is 0 Å². The van der Waals surface area contributed by atoms with Gasteiger partial charge in [0.1, 0.15) is 0 Å². The summed E-state index contributed by atoms with van der Waals surface area (Å²) in [5, 5.41) is 0. The standard InChI is InChI=1S/C10H8BrNO/c11-10-6-2-1-4-9(10)5-3-7-12-8-13/h1-2,4-7H,3H2. The van der Waals surface area contributed by atoms with Crippen LogP contribution in [0.2, 0.25) is 0 Å². The first-order valence-electron chi connectivity index (χ1n) is 3.81. The molecule has 0 bridgehead atoms. The SMILES string of the molecule is O=C=N[CH]C[CH]c1ccccc1Br. The van der Waals surface area contributed by atoms with Crippen LogP contribution in [0.5, 0.6) is 0 Å². The number of rotatable bonds is 4. The first-order valence-corrected chi connectivity index (χ1v) is 4.60. The lowest BCUT2D eigenvalue weighted by molar-refractivity contribution is 0.564. The zero-order valence-electron chi connectivity index (χ0n) is 6.90. The van der Waals surface area contributed by atoms with Gasteiger partial charge in [-0.3, -0.25) is 0 Å². The quantitative estimate of drug-likeness (QED) is 0.450. The summed E-state index contributed by atoms with van der Waals surface area (Å²) in [5.41, 5.74) is 1.10. The number of nitrogens with zero attached hydrogens (tertiary/aromatic N) is 1. The second-order valence-corrected chi connectivity index (χ2v) is 3.22. The normalized spacial score (nSPS) is 9.31. The third-order valence-corrected chi connectivity index (χ3v) is 2.21. The second kappa shape index (κ2) is 5.68. The number of hydrogen-bond donors (Lipinski definition) is 0. The second-order valence-electron chi connectivity index (χ2n) is 2.36. The molecule has 0 heterocycles. The summed E-state index contributed by atoms with van der Waals surface area (Å²) in [6.07, 6.45) is 4.07. The van der Waals surface area contributed by atoms with Gasteiger partial charge in [-0.15, -0.1) is 0 Å². The lowest BCUT2D eigenvalue weighted by Crippen LogP contribution is -1.83. The molecule has 0 amide bonds. The molecule has 13 heavy (non-hydrogen) atoms. The third kappa shape index (κ3) is 3.53. The summed E-state index contributed by atoms with van der Waals surface area (Å²) in [6.45, 7) is 1.52. The maximum absolute atomic E-state index is 9.74. The molecule has 0 saturated carbocycles. The van der Waals surface area contributed by atoms with Crippen molar-refractivity contribution in [2.75, 3.05) is 0 Å². The van der Waals surface area contributed by atoms with E-state index in [0.29, 0.717) is 6.42 Å². The van der Waals surface area contributed by atoms with Gasteiger partial charge in [-0.25, -0.2) is 9.79 Å². The molecule has 0 N–H and O–H groups in total. The van der Waals surface area contributed by atoms with Crippen LogP contribution in [0, 0.1) is 13.0 Å². The number of benzene rings is 1. The summed E-state index contributed by atoms with van der Waals surface area (Å²) < 4.78 is 1.04. The van der Waals surface area contributed by atoms with Gasteiger partial charge in [0, 0.05) is 4.47 Å². The van der Waals surface area contributed by atoms with Crippen LogP contribution in [-0.4, -0.2) is 6.08 Å². The highest BCUT2D eigenvalue weighted by atomic mass is 79.9. The molecule has 0 aliphatic heterocycles. The van der Waals surface area contributed by atoms with Gasteiger partial charge in [-0.2, -0.15) is 0 Å². The van der Waals surface area contributed by atoms with Gasteiger partial charge in [0.05, 0.1) is 6.54 Å². The summed E-state index contributed by atoms with van der Waals surface area (Å²) in [7, 11) is 0. The van der Waals surface area contributed by atoms with E-state index < -0.39 is 0 Å². The predicted octanol–water partition coefficient (Wildman–Crippen LogP) is 2.89. The molecule has 66 valence electrons. The Morgan fingerprint density at radius 2 is 2.23 bits per heavy atom. The average Bonchev–Trinajstić information content (AvgIpc) is 2.15. The van der Waals surface area contributed by atoms with Gasteiger partial charge in [0.25, 0.3) is 0 Å². The number of halogens is 1. The van der Waals surface area contributed by atoms with E-state index in [1.165, 1.54) is 12.6 Å². The maximum Gasteiger partial charge on any atom is 0.235 e. The Labute approximate surface area is 85.8 Å². The molecule has 2 nitrogen and oxygen atoms in total. The fourth-order valence-corrected chi connectivity index (χ4v) is 1.36. The molecule has 0 fully saturated rings. The predicted molar refractivity (Wildman–Crippen MR) is 54.6 cm³/mol. The highest BCUT2D eigenvalue weighted by molar-refractivity contribution is 9.10. The Kier molecular flexibility index (Phi) is 4.44. The molecule has 0 saturated heterocycles. The molecular formula is C10H8BrNO. The minimum Gasteiger partial charge on any atom is -0.211 e. The van der Waals surface area contributed by atoms with Crippen LogP contribution in [0.25, 0.3) is 0 Å². The smallest absolute Gasteiger partial charge is 0.211 e. The van der Waals surface area contributed by atoms with Crippen LogP contribution in [0.3, 0.4) is 0 Å². The summed E-state index contributed by atoms with van der Waals surface area (Å²) in [4.78, 5) is 13.1. The van der Waals surface area contributed by atoms with Crippen molar-refractivity contribution in [3.8, 4) is 0 Å². The molecule has 1 rings (SSSR count). The molecular weight excluding hydrogens is 230 g/mol. The molecule has 0 spiro atoms. The van der Waals surface area contributed by atoms with Gasteiger partial charge < -0.3 is 0 Å². The van der Waals surface area contributed by atoms with Crippen molar-refractivity contribution in [1.29, 1.82) is 0 Å². The Bertz CT molecular complexity index is 318. The minimum atomic E-state index is 0.637. The number of hydrogen-bond acceptors (Lipinski definition) is 2. The van der Waals surface area contributed by atoms with Crippen LogP contribution in [0.1, 0.15) is 12.0 Å². The van der Waals surface area contributed by atoms with Gasteiger partial charge >= 0.3 is 0 Å². The van der Waals surface area contributed by atoms with Gasteiger partial charge in [-0.1, -0.05) is 34.1 Å². The van der Waals surface area contributed by atoms with E-state index in [2.05, 4.69) is 20.9 Å². The molecule has 3 heteroatoms. The minimum absolute atomic E-state index is 0.637. The van der Waals surface area contributed by atoms with E-state index in [1.807, 2.05) is 30.7 Å². The summed E-state index contributed by atoms with van der Waals surface area (Å²) in [5.74, 6) is 0. The van der Waals surface area contributed by atoms with Crippen LogP contribution >= 0.6 is 15.9 Å². The Morgan fingerprint density at radius 1 is 1.46 bits per heavy atom. The average molecular weight is 238 g/mol. The van der Waals surface area contributed by atoms with Gasteiger partial charge in [0.15, 0.2) is 0 Å². The lowest BCUT2D eigenvalue weighted by atomic mass is 10.1. The van der Waals surface area contributed by atoms with E-state index in [-0.39, 0.29) is 0 Å². The lowest BCUT2D eigenvalue weighted by Gasteiger charge is -2.00. The summed E-state index contributed by atoms with van der Waals surface area (Å²) in [6, 6.07) is 7.87. The molecule has 0 aliphatic carbocycles. The first-order chi connectivity index (χ1) is 6.34. The molecule has 0 unspecified atom stereocenters. The van der Waals surface area contributed by atoms with Crippen molar-refractivity contribution in [3.63, 3.8) is 0 Å². The largest absolute Gasteiger partial charge is 0.235 e. The monoisotopic (exact) mass is 237 g/mol. The van der Waals surface area contributed by atoms with Crippen molar-refractivity contribution >= 4 is 22.0 Å². The van der Waals surface area contributed by atoms with E-state index in [0.717, 1.165) is 10.0 Å². The zero-order valence-corrected chi connectivity index (χ0v) is 8.49. The van der Waals surface area contributed by atoms with Crippen molar-refractivity contribution in [2.45, 2.75) is 6.42 Å². The fourth-order valence-electron chi connectivity index (χ4n) is 0.910. The molecule has 1 aromatic carbocycles.